The van der Waals surface area contributed by atoms with Crippen molar-refractivity contribution in [1.82, 2.24) is 14.5 Å². The Hall–Kier alpha value is -2.16. The molecule has 0 amide bonds. The van der Waals surface area contributed by atoms with Crippen molar-refractivity contribution in [1.29, 1.82) is 0 Å². The molecule has 3 aromatic heterocycles. The van der Waals surface area contributed by atoms with E-state index in [0.29, 0.717) is 0 Å². The Morgan fingerprint density at radius 3 is 1.62 bits per heavy atom. The van der Waals surface area contributed by atoms with Gasteiger partial charge in [0.05, 0.1) is 0 Å². The van der Waals surface area contributed by atoms with Gasteiger partial charge >= 0.3 is 0 Å². The van der Waals surface area contributed by atoms with Crippen LogP contribution in [0.25, 0.3) is 0 Å². The zero-order valence-electron chi connectivity index (χ0n) is 11.2. The maximum Gasteiger partial charge on any atom is 0.0115 e. The Morgan fingerprint density at radius 1 is 0.857 bits per heavy atom. The lowest BCUT2D eigenvalue weighted by atomic mass is 10.4. The summed E-state index contributed by atoms with van der Waals surface area (Å²) in [4.78, 5) is 5.93. The number of rotatable bonds is 0. The second kappa shape index (κ2) is 14.3. The zero-order chi connectivity index (χ0) is 13.2. The van der Waals surface area contributed by atoms with Crippen molar-refractivity contribution in [3.8, 4) is 0 Å². The van der Waals surface area contributed by atoms with Crippen LogP contribution in [0.1, 0.15) is 33.5 Å². The summed E-state index contributed by atoms with van der Waals surface area (Å²) in [7, 11) is 2.00. The van der Waals surface area contributed by atoms with E-state index >= 15 is 0 Å². The highest BCUT2D eigenvalue weighted by Crippen LogP contribution is 1.88. The predicted molar refractivity (Wildman–Crippen MR) is 96.7 cm³/mol. The molecule has 0 aliphatic heterocycles. The smallest absolute Gasteiger partial charge is 0.0115 e. The number of H-pyrrole nitrogens is 2. The molecule has 3 rings (SSSR count). The topological polar surface area (TPSA) is 36.5 Å². The molecule has 0 aliphatic rings. The van der Waals surface area contributed by atoms with Crippen LogP contribution in [0, 0.1) is 13.8 Å². The monoisotopic (exact) mass is 291 g/mol. The first-order valence-electron chi connectivity index (χ1n) is 5.95. The van der Waals surface area contributed by atoms with Gasteiger partial charge in [0, 0.05) is 43.7 Å². The van der Waals surface area contributed by atoms with Crippen LogP contribution in [-0.2, 0) is 7.05 Å². The molecule has 0 saturated carbocycles. The Labute approximate surface area is 131 Å². The maximum absolute atomic E-state index is 3.00. The molecule has 0 radical (unpaired) electrons. The average molecular weight is 291 g/mol. The summed E-state index contributed by atoms with van der Waals surface area (Å²) in [6, 6.07) is 10.0. The Kier molecular flexibility index (Phi) is 16.2. The van der Waals surface area contributed by atoms with Gasteiger partial charge < -0.3 is 14.5 Å². The number of nitrogens with zero attached hydrogens (tertiary/aromatic N) is 1. The van der Waals surface area contributed by atoms with E-state index in [2.05, 4.69) is 16.9 Å². The van der Waals surface area contributed by atoms with E-state index in [-0.39, 0.29) is 22.3 Å². The van der Waals surface area contributed by atoms with Crippen LogP contribution in [0.5, 0.6) is 0 Å². The fourth-order valence-electron chi connectivity index (χ4n) is 1.25. The number of aromatic nitrogens is 3. The number of hydrogen-bond acceptors (Lipinski definition) is 0. The van der Waals surface area contributed by atoms with Gasteiger partial charge in [0.2, 0.25) is 0 Å². The first-order valence-corrected chi connectivity index (χ1v) is 5.95. The predicted octanol–water partition coefficient (Wildman–Crippen LogP) is 5.58. The molecule has 0 spiro atoms. The molecule has 21 heavy (non-hydrogen) atoms. The first kappa shape index (κ1) is 23.9. The van der Waals surface area contributed by atoms with Crippen molar-refractivity contribution >= 4 is 0 Å². The molecule has 0 aliphatic carbocycles. The molecule has 120 valence electrons. The highest BCUT2D eigenvalue weighted by molar-refractivity contribution is 5.04. The number of hydrogen-bond donors (Lipinski definition) is 2. The lowest BCUT2D eigenvalue weighted by Gasteiger charge is -1.79. The van der Waals surface area contributed by atoms with Crippen molar-refractivity contribution in [3.05, 3.63) is 72.6 Å². The number of aromatic amines is 2. The van der Waals surface area contributed by atoms with Crippen LogP contribution in [0.3, 0.4) is 0 Å². The van der Waals surface area contributed by atoms with Crippen molar-refractivity contribution in [2.24, 2.45) is 7.05 Å². The standard InChI is InChI=1S/3C5H7N.3CH4/c1-5-2-3-6-4-5;1-6-4-2-3-5-6;1-5-3-2-4-6-5;;;/h2-4,6H,1H3;2-5H,1H3;2-4,6H,1H3;3*1H4. The van der Waals surface area contributed by atoms with Crippen LogP contribution >= 0.6 is 0 Å². The van der Waals surface area contributed by atoms with Gasteiger partial charge in [-0.05, 0) is 49.7 Å². The number of aryl methyl sites for hydroxylation is 3. The van der Waals surface area contributed by atoms with Crippen LogP contribution in [0.4, 0.5) is 0 Å². The Balaban J connectivity index is -0.000000216. The van der Waals surface area contributed by atoms with Crippen molar-refractivity contribution in [2.75, 3.05) is 0 Å². The van der Waals surface area contributed by atoms with Gasteiger partial charge in [-0.15, -0.1) is 0 Å². The van der Waals surface area contributed by atoms with Gasteiger partial charge in [0.25, 0.3) is 0 Å². The maximum atomic E-state index is 3.00. The highest BCUT2D eigenvalue weighted by Gasteiger charge is 1.73. The normalized spacial score (nSPS) is 7.57. The van der Waals surface area contributed by atoms with Crippen LogP contribution < -0.4 is 0 Å². The number of nitrogens with one attached hydrogen (secondary N) is 2. The lowest BCUT2D eigenvalue weighted by molar-refractivity contribution is 0.928. The van der Waals surface area contributed by atoms with Crippen LogP contribution in [0.15, 0.2) is 61.3 Å². The SMILES string of the molecule is C.C.C.Cc1cc[nH]c1.Cc1ccc[nH]1.Cn1cccc1. The molecule has 0 aromatic carbocycles. The van der Waals surface area contributed by atoms with Crippen molar-refractivity contribution in [3.63, 3.8) is 0 Å². The minimum absolute atomic E-state index is 0. The summed E-state index contributed by atoms with van der Waals surface area (Å²) in [5.41, 5.74) is 2.50. The summed E-state index contributed by atoms with van der Waals surface area (Å²) in [6.07, 6.45) is 9.78. The Bertz CT molecular complexity index is 400. The highest BCUT2D eigenvalue weighted by atomic mass is 14.9. The van der Waals surface area contributed by atoms with Crippen molar-refractivity contribution in [2.45, 2.75) is 36.1 Å². The van der Waals surface area contributed by atoms with E-state index in [1.807, 2.05) is 79.9 Å². The molecule has 3 heterocycles. The molecule has 0 fully saturated rings. The molecule has 0 atom stereocenters. The quantitative estimate of drug-likeness (QED) is 0.542. The second-order valence-electron chi connectivity index (χ2n) is 4.09. The molecular formula is C18H33N3. The average Bonchev–Trinajstić information content (AvgIpc) is 3.05. The van der Waals surface area contributed by atoms with E-state index in [1.165, 1.54) is 11.3 Å². The minimum Gasteiger partial charge on any atom is -0.367 e. The molecule has 0 unspecified atom stereocenters. The molecule has 0 saturated heterocycles. The molecule has 0 bridgehead atoms. The van der Waals surface area contributed by atoms with E-state index in [9.17, 15) is 0 Å². The van der Waals surface area contributed by atoms with Crippen LogP contribution in [0.2, 0.25) is 0 Å². The van der Waals surface area contributed by atoms with Gasteiger partial charge in [0.1, 0.15) is 0 Å². The summed E-state index contributed by atoms with van der Waals surface area (Å²) < 4.78 is 2.00. The molecule has 3 heteroatoms. The minimum atomic E-state index is 0. The summed E-state index contributed by atoms with van der Waals surface area (Å²) in [5, 5.41) is 0. The largest absolute Gasteiger partial charge is 0.367 e. The molecule has 3 aromatic rings. The summed E-state index contributed by atoms with van der Waals surface area (Å²) in [5.74, 6) is 0. The third kappa shape index (κ3) is 12.6. The fourth-order valence-corrected chi connectivity index (χ4v) is 1.25. The van der Waals surface area contributed by atoms with Crippen molar-refractivity contribution < 1.29 is 0 Å². The van der Waals surface area contributed by atoms with E-state index < -0.39 is 0 Å². The van der Waals surface area contributed by atoms with E-state index in [0.717, 1.165) is 0 Å². The van der Waals surface area contributed by atoms with Crippen LogP contribution in [-0.4, -0.2) is 14.5 Å². The zero-order valence-corrected chi connectivity index (χ0v) is 11.2. The fraction of sp³-hybridized carbons (Fsp3) is 0.333. The van der Waals surface area contributed by atoms with E-state index in [4.69, 9.17) is 0 Å². The lowest BCUT2D eigenvalue weighted by Crippen LogP contribution is -1.75. The van der Waals surface area contributed by atoms with Gasteiger partial charge in [-0.2, -0.15) is 0 Å². The van der Waals surface area contributed by atoms with Gasteiger partial charge in [-0.25, -0.2) is 0 Å². The Morgan fingerprint density at radius 2 is 1.48 bits per heavy atom. The molecule has 2 N–H and O–H groups in total. The first-order chi connectivity index (χ1) is 8.68. The van der Waals surface area contributed by atoms with E-state index in [1.54, 1.807) is 0 Å². The summed E-state index contributed by atoms with van der Waals surface area (Å²) >= 11 is 0. The third-order valence-electron chi connectivity index (χ3n) is 2.26. The molecular weight excluding hydrogens is 258 g/mol. The third-order valence-corrected chi connectivity index (χ3v) is 2.26. The molecule has 3 nitrogen and oxygen atoms in total. The second-order valence-corrected chi connectivity index (χ2v) is 4.09. The van der Waals surface area contributed by atoms with Gasteiger partial charge in [-0.1, -0.05) is 22.3 Å². The van der Waals surface area contributed by atoms with Gasteiger partial charge in [0.15, 0.2) is 0 Å². The summed E-state index contributed by atoms with van der Waals surface area (Å²) in [6.45, 7) is 4.08. The van der Waals surface area contributed by atoms with Gasteiger partial charge in [-0.3, -0.25) is 0 Å².